The highest BCUT2D eigenvalue weighted by Gasteiger charge is 2.29. The molecule has 7 nitrogen and oxygen atoms in total. The van der Waals surface area contributed by atoms with Crippen LogP contribution in [0, 0.1) is 0 Å². The van der Waals surface area contributed by atoms with Gasteiger partial charge in [0.05, 0.1) is 20.6 Å². The highest BCUT2D eigenvalue weighted by atomic mass is 32.2. The van der Waals surface area contributed by atoms with E-state index in [0.717, 1.165) is 12.8 Å². The van der Waals surface area contributed by atoms with E-state index in [4.69, 9.17) is 15.4 Å². The highest BCUT2D eigenvalue weighted by molar-refractivity contribution is 7.80. The Kier molecular flexibility index (Phi) is 10.5. The van der Waals surface area contributed by atoms with Gasteiger partial charge in [-0.1, -0.05) is 19.4 Å². The van der Waals surface area contributed by atoms with Crippen LogP contribution in [0.2, 0.25) is 0 Å². The highest BCUT2D eigenvalue weighted by Crippen LogP contribution is 2.05. The van der Waals surface area contributed by atoms with Gasteiger partial charge in [0, 0.05) is 18.6 Å². The van der Waals surface area contributed by atoms with Crippen LogP contribution in [-0.4, -0.2) is 55.1 Å². The van der Waals surface area contributed by atoms with Gasteiger partial charge in [0.15, 0.2) is 0 Å². The number of aliphatic hydroxyl groups excluding tert-OH is 1. The van der Waals surface area contributed by atoms with E-state index in [1.165, 1.54) is 14.1 Å². The predicted molar refractivity (Wildman–Crippen MR) is 78.1 cm³/mol. The Morgan fingerprint density at radius 1 is 1.35 bits per heavy atom. The average molecular weight is 311 g/mol. The third kappa shape index (κ3) is 9.90. The first-order valence-electron chi connectivity index (χ1n) is 6.37. The SMILES string of the molecule is CCCC=C(C)C(N)=O.C[N+](C)(CCCO)S(=O)(=O)O. The van der Waals surface area contributed by atoms with Crippen LogP contribution in [0.15, 0.2) is 11.6 Å². The molecule has 0 aliphatic rings. The number of allylic oxidation sites excluding steroid dienone is 1. The number of unbranched alkanes of at least 4 members (excludes halogenated alkanes) is 1. The van der Waals surface area contributed by atoms with Crippen LogP contribution in [0.1, 0.15) is 33.1 Å². The molecule has 0 fully saturated rings. The molecule has 0 aromatic rings. The van der Waals surface area contributed by atoms with Gasteiger partial charge < -0.3 is 10.8 Å². The van der Waals surface area contributed by atoms with Gasteiger partial charge in [-0.2, -0.15) is 3.89 Å². The lowest BCUT2D eigenvalue weighted by Gasteiger charge is -2.23. The van der Waals surface area contributed by atoms with Crippen molar-refractivity contribution in [2.24, 2.45) is 5.73 Å². The van der Waals surface area contributed by atoms with Crippen molar-refractivity contribution in [3.63, 3.8) is 0 Å². The molecule has 0 aromatic carbocycles. The number of rotatable bonds is 7. The quantitative estimate of drug-likeness (QED) is 0.359. The fraction of sp³-hybridized carbons (Fsp3) is 0.750. The lowest BCUT2D eigenvalue weighted by molar-refractivity contribution is -0.767. The zero-order valence-corrected chi connectivity index (χ0v) is 13.5. The van der Waals surface area contributed by atoms with Crippen LogP contribution in [-0.2, 0) is 15.1 Å². The summed E-state index contributed by atoms with van der Waals surface area (Å²) < 4.78 is 29.3. The molecular formula is C12H27N2O5S+. The molecule has 0 aliphatic heterocycles. The van der Waals surface area contributed by atoms with Gasteiger partial charge in [-0.05, 0) is 13.3 Å². The summed E-state index contributed by atoms with van der Waals surface area (Å²) in [4.78, 5) is 10.4. The Morgan fingerprint density at radius 3 is 2.15 bits per heavy atom. The number of carbonyl (C=O) groups excluding carboxylic acids is 1. The summed E-state index contributed by atoms with van der Waals surface area (Å²) in [6.07, 6.45) is 4.22. The Labute approximate surface area is 121 Å². The van der Waals surface area contributed by atoms with Gasteiger partial charge in [-0.15, -0.1) is 8.42 Å². The van der Waals surface area contributed by atoms with Crippen LogP contribution in [0.4, 0.5) is 0 Å². The lowest BCUT2D eigenvalue weighted by Crippen LogP contribution is -2.45. The number of aliphatic hydroxyl groups is 1. The van der Waals surface area contributed by atoms with E-state index in [1.54, 1.807) is 6.92 Å². The van der Waals surface area contributed by atoms with Gasteiger partial charge in [0.25, 0.3) is 0 Å². The van der Waals surface area contributed by atoms with Crippen molar-refractivity contribution in [3.8, 4) is 0 Å². The molecule has 4 N–H and O–H groups in total. The van der Waals surface area contributed by atoms with Crippen molar-refractivity contribution in [3.05, 3.63) is 11.6 Å². The van der Waals surface area contributed by atoms with Crippen molar-refractivity contribution in [1.82, 2.24) is 0 Å². The topological polar surface area (TPSA) is 118 Å². The maximum absolute atomic E-state index is 10.6. The second-order valence-corrected chi connectivity index (χ2v) is 6.75. The summed E-state index contributed by atoms with van der Waals surface area (Å²) in [5, 5.41) is 8.41. The van der Waals surface area contributed by atoms with E-state index >= 15 is 0 Å². The fourth-order valence-corrected chi connectivity index (χ4v) is 1.39. The number of hydrogen-bond acceptors (Lipinski definition) is 4. The van der Waals surface area contributed by atoms with Gasteiger partial charge in [-0.3, -0.25) is 4.79 Å². The second-order valence-electron chi connectivity index (χ2n) is 4.86. The summed E-state index contributed by atoms with van der Waals surface area (Å²) in [7, 11) is -1.32. The molecular weight excluding hydrogens is 284 g/mol. The second kappa shape index (κ2) is 9.87. The standard InChI is InChI=1S/C7H13NO.C5H13NO4S/c1-3-4-5-6(2)7(8)9;1-6(2,4-3-5-7)11(8,9)10/h5H,3-4H2,1-2H3,(H2,8,9);7H,3-5H2,1-2H3/p+1. The zero-order valence-electron chi connectivity index (χ0n) is 12.7. The third-order valence-corrected chi connectivity index (χ3v) is 4.04. The minimum absolute atomic E-state index is 0.0722. The molecule has 120 valence electrons. The Bertz CT molecular complexity index is 416. The lowest BCUT2D eigenvalue weighted by atomic mass is 10.2. The van der Waals surface area contributed by atoms with Crippen molar-refractivity contribution in [2.75, 3.05) is 27.2 Å². The van der Waals surface area contributed by atoms with Gasteiger partial charge >= 0.3 is 10.3 Å². The summed E-state index contributed by atoms with van der Waals surface area (Å²) in [5.41, 5.74) is 5.63. The van der Waals surface area contributed by atoms with E-state index < -0.39 is 14.2 Å². The maximum atomic E-state index is 10.6. The summed E-state index contributed by atoms with van der Waals surface area (Å²) in [6.45, 7) is 3.93. The predicted octanol–water partition coefficient (Wildman–Crippen LogP) is 0.466. The van der Waals surface area contributed by atoms with E-state index in [9.17, 15) is 13.2 Å². The molecule has 8 heteroatoms. The van der Waals surface area contributed by atoms with Gasteiger partial charge in [0.2, 0.25) is 5.91 Å². The Hall–Kier alpha value is -0.960. The molecule has 0 radical (unpaired) electrons. The molecule has 0 saturated carbocycles. The number of nitrogens with two attached hydrogens (primary N) is 1. The van der Waals surface area contributed by atoms with Gasteiger partial charge in [-0.25, -0.2) is 4.55 Å². The first kappa shape index (κ1) is 21.3. The van der Waals surface area contributed by atoms with E-state index in [0.29, 0.717) is 12.0 Å². The Balaban J connectivity index is 0. The smallest absolute Gasteiger partial charge is 0.396 e. The monoisotopic (exact) mass is 311 g/mol. The molecule has 0 spiro atoms. The molecule has 0 rings (SSSR count). The summed E-state index contributed by atoms with van der Waals surface area (Å²) in [6, 6.07) is 0. The first-order valence-corrected chi connectivity index (χ1v) is 7.77. The number of hydrogen-bond donors (Lipinski definition) is 3. The van der Waals surface area contributed by atoms with Crippen molar-refractivity contribution >= 4 is 16.2 Å². The number of quaternary nitrogens is 1. The molecule has 0 heterocycles. The van der Waals surface area contributed by atoms with Crippen molar-refractivity contribution in [2.45, 2.75) is 33.1 Å². The normalized spacial score (nSPS) is 12.6. The minimum Gasteiger partial charge on any atom is -0.396 e. The molecule has 0 bridgehead atoms. The van der Waals surface area contributed by atoms with Crippen LogP contribution < -0.4 is 5.73 Å². The molecule has 20 heavy (non-hydrogen) atoms. The van der Waals surface area contributed by atoms with Gasteiger partial charge in [0.1, 0.15) is 0 Å². The van der Waals surface area contributed by atoms with E-state index in [2.05, 4.69) is 6.92 Å². The summed E-state index contributed by atoms with van der Waals surface area (Å²) in [5.74, 6) is -0.316. The average Bonchev–Trinajstić information content (AvgIpc) is 2.32. The van der Waals surface area contributed by atoms with Crippen LogP contribution in [0.3, 0.4) is 0 Å². The van der Waals surface area contributed by atoms with Crippen LogP contribution >= 0.6 is 0 Å². The fourth-order valence-electron chi connectivity index (χ4n) is 1.03. The molecule has 1 amide bonds. The molecule has 0 saturated heterocycles. The van der Waals surface area contributed by atoms with Crippen LogP contribution in [0.5, 0.6) is 0 Å². The van der Waals surface area contributed by atoms with E-state index in [-0.39, 0.29) is 19.1 Å². The van der Waals surface area contributed by atoms with Crippen LogP contribution in [0.25, 0.3) is 0 Å². The molecule has 0 aliphatic carbocycles. The number of amides is 1. The zero-order chi connectivity index (χ0) is 16.4. The maximum Gasteiger partial charge on any atom is 0.432 e. The Morgan fingerprint density at radius 2 is 1.85 bits per heavy atom. The molecule has 0 aromatic heterocycles. The van der Waals surface area contributed by atoms with E-state index in [1.807, 2.05) is 6.08 Å². The van der Waals surface area contributed by atoms with Crippen molar-refractivity contribution in [1.29, 1.82) is 0 Å². The summed E-state index contributed by atoms with van der Waals surface area (Å²) >= 11 is 0. The minimum atomic E-state index is -4.05. The number of primary amides is 1. The molecule has 0 atom stereocenters. The third-order valence-electron chi connectivity index (χ3n) is 2.61. The van der Waals surface area contributed by atoms with Crippen molar-refractivity contribution < 1.29 is 26.8 Å². The largest absolute Gasteiger partial charge is 0.432 e. The molecule has 0 unspecified atom stereocenters. The number of carbonyl (C=O) groups is 1. The number of nitrogens with zero attached hydrogens (tertiary/aromatic N) is 1. The first-order chi connectivity index (χ1) is 8.99.